The van der Waals surface area contributed by atoms with Crippen molar-refractivity contribution in [2.75, 3.05) is 0 Å². The number of benzene rings is 1. The number of ketones is 1. The summed E-state index contributed by atoms with van der Waals surface area (Å²) in [6, 6.07) is 5.86. The van der Waals surface area contributed by atoms with E-state index < -0.39 is 0 Å². The summed E-state index contributed by atoms with van der Waals surface area (Å²) in [5.41, 5.74) is 2.11. The molecule has 0 heterocycles. The summed E-state index contributed by atoms with van der Waals surface area (Å²) in [5.74, 6) is 0.135. The van der Waals surface area contributed by atoms with Crippen LogP contribution < -0.4 is 0 Å². The third kappa shape index (κ3) is 2.06. The molecule has 0 unspecified atom stereocenters. The monoisotopic (exact) mass is 274 g/mol. The van der Waals surface area contributed by atoms with Gasteiger partial charge in [0.05, 0.1) is 0 Å². The molecule has 0 aliphatic heterocycles. The van der Waals surface area contributed by atoms with Crippen molar-refractivity contribution in [1.29, 1.82) is 0 Å². The van der Waals surface area contributed by atoms with Gasteiger partial charge >= 0.3 is 0 Å². The van der Waals surface area contributed by atoms with Crippen molar-refractivity contribution in [2.24, 2.45) is 0 Å². The van der Waals surface area contributed by atoms with Gasteiger partial charge in [0.25, 0.3) is 0 Å². The van der Waals surface area contributed by atoms with Crippen molar-refractivity contribution in [3.63, 3.8) is 0 Å². The van der Waals surface area contributed by atoms with Gasteiger partial charge in [0, 0.05) is 9.13 Å². The minimum absolute atomic E-state index is 0.135. The van der Waals surface area contributed by atoms with E-state index in [1.807, 2.05) is 18.2 Å². The number of Topliss-reactive ketones (excluding diaryl/α,β-unsaturated/α-hetero) is 1. The van der Waals surface area contributed by atoms with E-state index in [0.29, 0.717) is 0 Å². The first kappa shape index (κ1) is 9.71. The molecule has 0 spiro atoms. The van der Waals surface area contributed by atoms with Crippen molar-refractivity contribution in [3.05, 3.63) is 32.9 Å². The maximum Gasteiger partial charge on any atom is 0.159 e. The molecule has 0 N–H and O–H groups in total. The molecule has 12 heavy (non-hydrogen) atoms. The molecule has 0 aromatic heterocycles. The molecule has 1 aromatic rings. The number of hydrogen-bond acceptors (Lipinski definition) is 1. The Labute approximate surface area is 86.3 Å². The average Bonchev–Trinajstić information content (AvgIpc) is 2.04. The van der Waals surface area contributed by atoms with E-state index >= 15 is 0 Å². The smallest absolute Gasteiger partial charge is 0.159 e. The lowest BCUT2D eigenvalue weighted by Crippen LogP contribution is -1.94. The van der Waals surface area contributed by atoms with Crippen LogP contribution in [0.4, 0.5) is 0 Å². The molecule has 0 aliphatic rings. The number of halogens is 1. The summed E-state index contributed by atoms with van der Waals surface area (Å²) in [6.07, 6.45) is 1.02. The average molecular weight is 274 g/mol. The molecule has 1 nitrogen and oxygen atoms in total. The maximum absolute atomic E-state index is 11.0. The van der Waals surface area contributed by atoms with E-state index in [1.165, 1.54) is 9.13 Å². The predicted molar refractivity (Wildman–Crippen MR) is 58.5 cm³/mol. The molecule has 64 valence electrons. The van der Waals surface area contributed by atoms with E-state index in [2.05, 4.69) is 29.5 Å². The van der Waals surface area contributed by atoms with E-state index in [-0.39, 0.29) is 5.78 Å². The molecule has 0 amide bonds. The van der Waals surface area contributed by atoms with Crippen LogP contribution in [0.1, 0.15) is 29.8 Å². The lowest BCUT2D eigenvalue weighted by Gasteiger charge is -2.02. The Kier molecular flexibility index (Phi) is 3.26. The second-order valence-electron chi connectivity index (χ2n) is 2.72. The Hall–Kier alpha value is -0.380. The van der Waals surface area contributed by atoms with Gasteiger partial charge < -0.3 is 0 Å². The Balaban J connectivity index is 3.10. The van der Waals surface area contributed by atoms with Gasteiger partial charge in [0.15, 0.2) is 5.78 Å². The number of carbonyl (C=O) groups excluding carboxylic acids is 1. The molecular weight excluding hydrogens is 263 g/mol. The van der Waals surface area contributed by atoms with Gasteiger partial charge in [-0.3, -0.25) is 4.79 Å². The molecule has 2 heteroatoms. The lowest BCUT2D eigenvalue weighted by atomic mass is 10.1. The standard InChI is InChI=1S/C10H11IO/c1-3-8-4-5-9(7(2)12)6-10(8)11/h4-6H,3H2,1-2H3. The van der Waals surface area contributed by atoms with E-state index in [1.54, 1.807) is 6.92 Å². The van der Waals surface area contributed by atoms with Gasteiger partial charge in [-0.1, -0.05) is 19.1 Å². The summed E-state index contributed by atoms with van der Waals surface area (Å²) in [5, 5.41) is 0. The van der Waals surface area contributed by atoms with Gasteiger partial charge in [0.1, 0.15) is 0 Å². The Morgan fingerprint density at radius 2 is 2.17 bits per heavy atom. The number of rotatable bonds is 2. The van der Waals surface area contributed by atoms with Crippen molar-refractivity contribution in [2.45, 2.75) is 20.3 Å². The van der Waals surface area contributed by atoms with Crippen LogP contribution in [-0.2, 0) is 6.42 Å². The zero-order chi connectivity index (χ0) is 9.14. The zero-order valence-electron chi connectivity index (χ0n) is 7.23. The highest BCUT2D eigenvalue weighted by atomic mass is 127. The van der Waals surface area contributed by atoms with E-state index in [9.17, 15) is 4.79 Å². The van der Waals surface area contributed by atoms with Crippen molar-refractivity contribution in [1.82, 2.24) is 0 Å². The van der Waals surface area contributed by atoms with Crippen LogP contribution in [0, 0.1) is 3.57 Å². The minimum Gasteiger partial charge on any atom is -0.295 e. The van der Waals surface area contributed by atoms with Crippen LogP contribution in [0.15, 0.2) is 18.2 Å². The van der Waals surface area contributed by atoms with Crippen molar-refractivity contribution in [3.8, 4) is 0 Å². The fourth-order valence-corrected chi connectivity index (χ4v) is 1.95. The third-order valence-corrected chi connectivity index (χ3v) is 2.84. The first-order chi connectivity index (χ1) is 5.65. The first-order valence-corrected chi connectivity index (χ1v) is 5.02. The van der Waals surface area contributed by atoms with Crippen LogP contribution in [0.5, 0.6) is 0 Å². The summed E-state index contributed by atoms with van der Waals surface area (Å²) in [4.78, 5) is 11.0. The molecule has 0 saturated heterocycles. The van der Waals surface area contributed by atoms with E-state index in [4.69, 9.17) is 0 Å². The lowest BCUT2D eigenvalue weighted by molar-refractivity contribution is 0.101. The summed E-state index contributed by atoms with van der Waals surface area (Å²) >= 11 is 2.27. The summed E-state index contributed by atoms with van der Waals surface area (Å²) in [7, 11) is 0. The van der Waals surface area contributed by atoms with Gasteiger partial charge in [0.2, 0.25) is 0 Å². The Morgan fingerprint density at radius 3 is 2.58 bits per heavy atom. The molecule has 0 aliphatic carbocycles. The minimum atomic E-state index is 0.135. The topological polar surface area (TPSA) is 17.1 Å². The maximum atomic E-state index is 11.0. The van der Waals surface area contributed by atoms with Gasteiger partial charge in [-0.15, -0.1) is 0 Å². The highest BCUT2D eigenvalue weighted by molar-refractivity contribution is 14.1. The van der Waals surface area contributed by atoms with Crippen LogP contribution in [0.3, 0.4) is 0 Å². The largest absolute Gasteiger partial charge is 0.295 e. The fraction of sp³-hybridized carbons (Fsp3) is 0.300. The molecule has 0 atom stereocenters. The summed E-state index contributed by atoms with van der Waals surface area (Å²) in [6.45, 7) is 3.71. The van der Waals surface area contributed by atoms with Crippen molar-refractivity contribution < 1.29 is 4.79 Å². The van der Waals surface area contributed by atoms with Crippen LogP contribution in [-0.4, -0.2) is 5.78 Å². The molecule has 0 fully saturated rings. The highest BCUT2D eigenvalue weighted by Crippen LogP contribution is 2.15. The molecule has 0 bridgehead atoms. The van der Waals surface area contributed by atoms with Gasteiger partial charge in [-0.25, -0.2) is 0 Å². The fourth-order valence-electron chi connectivity index (χ4n) is 1.05. The second kappa shape index (κ2) is 4.03. The predicted octanol–water partition coefficient (Wildman–Crippen LogP) is 3.06. The Bertz CT molecular complexity index is 305. The third-order valence-electron chi connectivity index (χ3n) is 1.84. The second-order valence-corrected chi connectivity index (χ2v) is 3.88. The van der Waals surface area contributed by atoms with E-state index in [0.717, 1.165) is 12.0 Å². The molecular formula is C10H11IO. The SMILES string of the molecule is CCc1ccc(C(C)=O)cc1I. The number of aryl methyl sites for hydroxylation is 1. The van der Waals surface area contributed by atoms with Crippen LogP contribution >= 0.6 is 22.6 Å². The molecule has 1 aromatic carbocycles. The summed E-state index contributed by atoms with van der Waals surface area (Å²) < 4.78 is 1.18. The molecule has 0 saturated carbocycles. The normalized spacial score (nSPS) is 9.92. The van der Waals surface area contributed by atoms with Crippen molar-refractivity contribution >= 4 is 28.4 Å². The Morgan fingerprint density at radius 1 is 1.50 bits per heavy atom. The number of carbonyl (C=O) groups is 1. The first-order valence-electron chi connectivity index (χ1n) is 3.94. The van der Waals surface area contributed by atoms with Gasteiger partial charge in [-0.2, -0.15) is 0 Å². The molecule has 1 rings (SSSR count). The highest BCUT2D eigenvalue weighted by Gasteiger charge is 2.02. The number of hydrogen-bond donors (Lipinski definition) is 0. The van der Waals surface area contributed by atoms with Crippen LogP contribution in [0.25, 0.3) is 0 Å². The van der Waals surface area contributed by atoms with Crippen LogP contribution in [0.2, 0.25) is 0 Å². The molecule has 0 radical (unpaired) electrons. The zero-order valence-corrected chi connectivity index (χ0v) is 9.38. The van der Waals surface area contributed by atoms with Gasteiger partial charge in [-0.05, 0) is 47.6 Å². The quantitative estimate of drug-likeness (QED) is 0.598.